The lowest BCUT2D eigenvalue weighted by Crippen LogP contribution is -2.34. The van der Waals surface area contributed by atoms with Crippen LogP contribution < -0.4 is 5.69 Å². The summed E-state index contributed by atoms with van der Waals surface area (Å²) >= 11 is 0. The Morgan fingerprint density at radius 2 is 1.92 bits per heavy atom. The molecule has 1 aliphatic carbocycles. The third kappa shape index (κ3) is 3.51. The van der Waals surface area contributed by atoms with Crippen LogP contribution in [0, 0.1) is 5.92 Å². The van der Waals surface area contributed by atoms with Gasteiger partial charge in [-0.25, -0.2) is 9.48 Å². The van der Waals surface area contributed by atoms with Gasteiger partial charge in [0.2, 0.25) is 0 Å². The Morgan fingerprint density at radius 3 is 2.64 bits per heavy atom. The zero-order valence-corrected chi connectivity index (χ0v) is 14.6. The minimum Gasteiger partial charge on any atom is -0.294 e. The first-order chi connectivity index (χ1) is 12.2. The fraction of sp³-hybridized carbons (Fsp3) is 0.400. The van der Waals surface area contributed by atoms with Gasteiger partial charge in [0.05, 0.1) is 6.54 Å². The molecule has 25 heavy (non-hydrogen) atoms. The molecule has 1 atom stereocenters. The molecule has 1 fully saturated rings. The number of aromatic nitrogens is 3. The Balaban J connectivity index is 1.52. The van der Waals surface area contributed by atoms with Gasteiger partial charge in [-0.1, -0.05) is 36.4 Å². The van der Waals surface area contributed by atoms with E-state index < -0.39 is 0 Å². The number of rotatable bonds is 7. The lowest BCUT2D eigenvalue weighted by Gasteiger charge is -2.29. The molecule has 0 aliphatic heterocycles. The molecular formula is C20H24N4O. The highest BCUT2D eigenvalue weighted by Gasteiger charge is 2.27. The largest absolute Gasteiger partial charge is 0.350 e. The molecule has 1 aromatic carbocycles. The molecule has 0 amide bonds. The predicted molar refractivity (Wildman–Crippen MR) is 98.6 cm³/mol. The van der Waals surface area contributed by atoms with Crippen LogP contribution in [0.1, 0.15) is 31.4 Å². The summed E-state index contributed by atoms with van der Waals surface area (Å²) in [5.74, 6) is 0.809. The van der Waals surface area contributed by atoms with Gasteiger partial charge >= 0.3 is 5.69 Å². The number of hydrogen-bond donors (Lipinski definition) is 0. The van der Waals surface area contributed by atoms with E-state index in [0.29, 0.717) is 18.2 Å². The van der Waals surface area contributed by atoms with E-state index in [-0.39, 0.29) is 5.69 Å². The number of nitrogens with zero attached hydrogens (tertiary/aromatic N) is 4. The van der Waals surface area contributed by atoms with Gasteiger partial charge in [0.1, 0.15) is 0 Å². The van der Waals surface area contributed by atoms with Crippen molar-refractivity contribution in [2.45, 2.75) is 32.4 Å². The van der Waals surface area contributed by atoms with E-state index in [1.54, 1.807) is 15.3 Å². The molecule has 1 unspecified atom stereocenters. The molecule has 0 bridgehead atoms. The van der Waals surface area contributed by atoms with Crippen LogP contribution >= 0.6 is 0 Å². The van der Waals surface area contributed by atoms with Crippen LogP contribution in [0.15, 0.2) is 59.5 Å². The van der Waals surface area contributed by atoms with Gasteiger partial charge in [0.25, 0.3) is 0 Å². The third-order valence-electron chi connectivity index (χ3n) is 5.11. The van der Waals surface area contributed by atoms with Crippen LogP contribution in [-0.4, -0.2) is 32.2 Å². The smallest absolute Gasteiger partial charge is 0.294 e. The third-order valence-corrected chi connectivity index (χ3v) is 5.11. The van der Waals surface area contributed by atoms with Crippen molar-refractivity contribution in [2.24, 2.45) is 5.92 Å². The summed E-state index contributed by atoms with van der Waals surface area (Å²) in [6, 6.07) is 16.6. The Morgan fingerprint density at radius 1 is 1.16 bits per heavy atom. The summed E-state index contributed by atoms with van der Waals surface area (Å²) in [6.07, 6.45) is 4.42. The summed E-state index contributed by atoms with van der Waals surface area (Å²) in [5, 5.41) is 4.45. The number of benzene rings is 1. The van der Waals surface area contributed by atoms with Crippen LogP contribution in [0.25, 0.3) is 5.65 Å². The van der Waals surface area contributed by atoms with Crippen LogP contribution in [-0.2, 0) is 6.54 Å². The van der Waals surface area contributed by atoms with E-state index in [9.17, 15) is 4.79 Å². The first-order valence-electron chi connectivity index (χ1n) is 9.05. The van der Waals surface area contributed by atoms with Gasteiger partial charge in [-0.2, -0.15) is 0 Å². The van der Waals surface area contributed by atoms with Crippen molar-refractivity contribution < 1.29 is 0 Å². The molecule has 0 N–H and O–H groups in total. The zero-order valence-electron chi connectivity index (χ0n) is 14.6. The first kappa shape index (κ1) is 16.1. The molecule has 1 aliphatic rings. The average Bonchev–Trinajstić information content (AvgIpc) is 3.42. The Kier molecular flexibility index (Phi) is 4.40. The lowest BCUT2D eigenvalue weighted by atomic mass is 10.1. The first-order valence-corrected chi connectivity index (χ1v) is 9.05. The Bertz CT molecular complexity index is 895. The molecule has 1 saturated carbocycles. The van der Waals surface area contributed by atoms with Gasteiger partial charge in [-0.15, -0.1) is 5.10 Å². The lowest BCUT2D eigenvalue weighted by molar-refractivity contribution is 0.190. The molecule has 130 valence electrons. The normalized spacial score (nSPS) is 15.8. The summed E-state index contributed by atoms with van der Waals surface area (Å²) in [4.78, 5) is 14.9. The average molecular weight is 336 g/mol. The van der Waals surface area contributed by atoms with Gasteiger partial charge < -0.3 is 0 Å². The van der Waals surface area contributed by atoms with Crippen molar-refractivity contribution >= 4 is 5.65 Å². The van der Waals surface area contributed by atoms with Crippen molar-refractivity contribution in [3.05, 3.63) is 70.8 Å². The van der Waals surface area contributed by atoms with E-state index in [1.807, 2.05) is 18.2 Å². The standard InChI is InChI=1S/C20H24N4O/c1-16(18-7-3-2-4-8-18)22(15-17-10-11-17)13-14-24-20(25)23-12-6-5-9-19(23)21-24/h2-9,12,16-17H,10-11,13-15H2,1H3. The Labute approximate surface area is 147 Å². The molecule has 0 saturated heterocycles. The summed E-state index contributed by atoms with van der Waals surface area (Å²) in [6.45, 7) is 4.79. The highest BCUT2D eigenvalue weighted by molar-refractivity contribution is 5.35. The fourth-order valence-electron chi connectivity index (χ4n) is 3.35. The van der Waals surface area contributed by atoms with Gasteiger partial charge in [-0.3, -0.25) is 9.30 Å². The maximum absolute atomic E-state index is 12.5. The topological polar surface area (TPSA) is 42.5 Å². The summed E-state index contributed by atoms with van der Waals surface area (Å²) in [7, 11) is 0. The minimum atomic E-state index is -0.0608. The van der Waals surface area contributed by atoms with E-state index >= 15 is 0 Å². The van der Waals surface area contributed by atoms with Crippen molar-refractivity contribution in [1.29, 1.82) is 0 Å². The maximum atomic E-state index is 12.5. The quantitative estimate of drug-likeness (QED) is 0.666. The minimum absolute atomic E-state index is 0.0608. The molecule has 2 heterocycles. The van der Waals surface area contributed by atoms with E-state index in [1.165, 1.54) is 18.4 Å². The van der Waals surface area contributed by atoms with Gasteiger partial charge in [0.15, 0.2) is 5.65 Å². The SMILES string of the molecule is CC(c1ccccc1)N(CCn1nc2ccccn2c1=O)CC1CC1. The second-order valence-electron chi connectivity index (χ2n) is 6.96. The van der Waals surface area contributed by atoms with Crippen LogP contribution in [0.3, 0.4) is 0 Å². The van der Waals surface area contributed by atoms with Crippen LogP contribution in [0.4, 0.5) is 0 Å². The van der Waals surface area contributed by atoms with Crippen LogP contribution in [0.2, 0.25) is 0 Å². The number of pyridine rings is 1. The summed E-state index contributed by atoms with van der Waals surface area (Å²) < 4.78 is 3.19. The molecule has 2 aromatic heterocycles. The monoisotopic (exact) mass is 336 g/mol. The Hall–Kier alpha value is -2.40. The van der Waals surface area contributed by atoms with Crippen LogP contribution in [0.5, 0.6) is 0 Å². The summed E-state index contributed by atoms with van der Waals surface area (Å²) in [5.41, 5.74) is 1.97. The van der Waals surface area contributed by atoms with E-state index in [4.69, 9.17) is 0 Å². The van der Waals surface area contributed by atoms with Gasteiger partial charge in [-0.05, 0) is 43.4 Å². The molecule has 3 aromatic rings. The van der Waals surface area contributed by atoms with Crippen molar-refractivity contribution in [3.8, 4) is 0 Å². The fourth-order valence-corrected chi connectivity index (χ4v) is 3.35. The van der Waals surface area contributed by atoms with Crippen molar-refractivity contribution in [3.63, 3.8) is 0 Å². The van der Waals surface area contributed by atoms with E-state index in [0.717, 1.165) is 19.0 Å². The maximum Gasteiger partial charge on any atom is 0.350 e. The zero-order chi connectivity index (χ0) is 17.2. The second-order valence-corrected chi connectivity index (χ2v) is 6.96. The molecular weight excluding hydrogens is 312 g/mol. The highest BCUT2D eigenvalue weighted by Crippen LogP contribution is 2.32. The molecule has 0 radical (unpaired) electrons. The van der Waals surface area contributed by atoms with E-state index in [2.05, 4.69) is 47.3 Å². The second kappa shape index (κ2) is 6.84. The highest BCUT2D eigenvalue weighted by atomic mass is 16.2. The molecule has 5 nitrogen and oxygen atoms in total. The van der Waals surface area contributed by atoms with Gasteiger partial charge in [0, 0.05) is 25.3 Å². The molecule has 4 rings (SSSR count). The molecule has 5 heteroatoms. The predicted octanol–water partition coefficient (Wildman–Crippen LogP) is 2.97. The number of fused-ring (bicyclic) bond motifs is 1. The van der Waals surface area contributed by atoms with Crippen molar-refractivity contribution in [1.82, 2.24) is 19.1 Å². The van der Waals surface area contributed by atoms with Crippen molar-refractivity contribution in [2.75, 3.05) is 13.1 Å². The molecule has 0 spiro atoms. The number of hydrogen-bond acceptors (Lipinski definition) is 3.